The van der Waals surface area contributed by atoms with Crippen molar-refractivity contribution in [2.75, 3.05) is 32.1 Å². The summed E-state index contributed by atoms with van der Waals surface area (Å²) in [4.78, 5) is 24.7. The first-order valence-corrected chi connectivity index (χ1v) is 6.40. The minimum Gasteiger partial charge on any atom is -0.469 e. The van der Waals surface area contributed by atoms with Crippen LogP contribution in [0.25, 0.3) is 0 Å². The Balaban J connectivity index is 2.68. The summed E-state index contributed by atoms with van der Waals surface area (Å²) in [6.45, 7) is 4.61. The van der Waals surface area contributed by atoms with Crippen LogP contribution in [-0.2, 0) is 9.53 Å². The third-order valence-electron chi connectivity index (χ3n) is 2.76. The Morgan fingerprint density at radius 3 is 2.60 bits per heavy atom. The van der Waals surface area contributed by atoms with Crippen LogP contribution in [0.15, 0.2) is 12.1 Å². The van der Waals surface area contributed by atoms with Gasteiger partial charge < -0.3 is 15.0 Å². The molecule has 110 valence electrons. The highest BCUT2D eigenvalue weighted by atomic mass is 16.5. The zero-order valence-corrected chi connectivity index (χ0v) is 12.2. The summed E-state index contributed by atoms with van der Waals surface area (Å²) in [5, 5.41) is 10.5. The molecule has 1 aromatic rings. The number of nitrogens with zero attached hydrogens (tertiary/aromatic N) is 3. The highest BCUT2D eigenvalue weighted by molar-refractivity contribution is 5.92. The molecule has 1 heterocycles. The molecule has 1 rings (SSSR count). The third kappa shape index (κ3) is 4.18. The van der Waals surface area contributed by atoms with Crippen LogP contribution >= 0.6 is 0 Å². The van der Waals surface area contributed by atoms with Gasteiger partial charge in [0.05, 0.1) is 13.0 Å². The van der Waals surface area contributed by atoms with Crippen molar-refractivity contribution in [3.63, 3.8) is 0 Å². The van der Waals surface area contributed by atoms with E-state index < -0.39 is 0 Å². The number of ether oxygens (including phenoxy) is 1. The summed E-state index contributed by atoms with van der Waals surface area (Å²) in [7, 11) is 3.16. The smallest absolute Gasteiger partial charge is 0.310 e. The van der Waals surface area contributed by atoms with E-state index in [1.54, 1.807) is 31.0 Å². The second kappa shape index (κ2) is 7.42. The van der Waals surface area contributed by atoms with Gasteiger partial charge >= 0.3 is 5.97 Å². The zero-order chi connectivity index (χ0) is 15.1. The molecule has 0 bridgehead atoms. The Kier molecular flexibility index (Phi) is 5.89. The lowest BCUT2D eigenvalue weighted by molar-refractivity contribution is -0.144. The van der Waals surface area contributed by atoms with Gasteiger partial charge in [0.25, 0.3) is 5.91 Å². The summed E-state index contributed by atoms with van der Waals surface area (Å²) in [5.74, 6) is -0.204. The standard InChI is InChI=1S/C13H20N4O3/c1-5-14-12(18)10-6-7-11(16-15-10)17(3)8-9(2)13(19)20-4/h6-7,9H,5,8H2,1-4H3,(H,14,18). The van der Waals surface area contributed by atoms with E-state index in [4.69, 9.17) is 0 Å². The number of amides is 1. The average Bonchev–Trinajstić information content (AvgIpc) is 2.46. The highest BCUT2D eigenvalue weighted by Gasteiger charge is 2.17. The van der Waals surface area contributed by atoms with Gasteiger partial charge in [0, 0.05) is 20.1 Å². The summed E-state index contributed by atoms with van der Waals surface area (Å²) in [6.07, 6.45) is 0. The molecule has 0 spiro atoms. The average molecular weight is 280 g/mol. The Morgan fingerprint density at radius 1 is 1.40 bits per heavy atom. The molecule has 0 saturated heterocycles. The number of aromatic nitrogens is 2. The molecular weight excluding hydrogens is 260 g/mol. The van der Waals surface area contributed by atoms with Crippen molar-refractivity contribution in [3.8, 4) is 0 Å². The molecule has 0 aromatic carbocycles. The van der Waals surface area contributed by atoms with Crippen molar-refractivity contribution in [3.05, 3.63) is 17.8 Å². The molecule has 1 unspecified atom stereocenters. The van der Waals surface area contributed by atoms with Gasteiger partial charge in [-0.2, -0.15) is 0 Å². The fourth-order valence-corrected chi connectivity index (χ4v) is 1.68. The molecule has 1 aromatic heterocycles. The number of hydrogen-bond donors (Lipinski definition) is 1. The summed E-state index contributed by atoms with van der Waals surface area (Å²) in [6, 6.07) is 3.30. The van der Waals surface area contributed by atoms with Gasteiger partial charge in [0.15, 0.2) is 11.5 Å². The molecule has 0 aliphatic rings. The van der Waals surface area contributed by atoms with Crippen molar-refractivity contribution < 1.29 is 14.3 Å². The summed E-state index contributed by atoms with van der Waals surface area (Å²) in [5.41, 5.74) is 0.269. The second-order valence-electron chi connectivity index (χ2n) is 4.44. The van der Waals surface area contributed by atoms with E-state index in [2.05, 4.69) is 20.3 Å². The Hall–Kier alpha value is -2.18. The molecule has 20 heavy (non-hydrogen) atoms. The van der Waals surface area contributed by atoms with E-state index in [9.17, 15) is 9.59 Å². The first kappa shape index (κ1) is 15.9. The lowest BCUT2D eigenvalue weighted by atomic mass is 10.2. The van der Waals surface area contributed by atoms with E-state index in [0.717, 1.165) is 0 Å². The number of esters is 1. The second-order valence-corrected chi connectivity index (χ2v) is 4.44. The van der Waals surface area contributed by atoms with E-state index in [1.165, 1.54) is 7.11 Å². The number of methoxy groups -OCH3 is 1. The van der Waals surface area contributed by atoms with Crippen LogP contribution in [0.4, 0.5) is 5.82 Å². The minimum absolute atomic E-state index is 0.253. The maximum atomic E-state index is 11.5. The monoisotopic (exact) mass is 280 g/mol. The molecule has 1 atom stereocenters. The molecule has 0 fully saturated rings. The van der Waals surface area contributed by atoms with E-state index in [-0.39, 0.29) is 23.5 Å². The lowest BCUT2D eigenvalue weighted by Crippen LogP contribution is -2.30. The fourth-order valence-electron chi connectivity index (χ4n) is 1.68. The van der Waals surface area contributed by atoms with Crippen molar-refractivity contribution in [1.29, 1.82) is 0 Å². The molecule has 0 aliphatic carbocycles. The van der Waals surface area contributed by atoms with Gasteiger partial charge in [-0.3, -0.25) is 9.59 Å². The van der Waals surface area contributed by atoms with Gasteiger partial charge in [-0.1, -0.05) is 6.92 Å². The van der Waals surface area contributed by atoms with E-state index in [0.29, 0.717) is 18.9 Å². The number of hydrogen-bond acceptors (Lipinski definition) is 6. The largest absolute Gasteiger partial charge is 0.469 e. The molecule has 7 nitrogen and oxygen atoms in total. The number of nitrogens with one attached hydrogen (secondary N) is 1. The van der Waals surface area contributed by atoms with Gasteiger partial charge in [0.2, 0.25) is 0 Å². The quantitative estimate of drug-likeness (QED) is 0.763. The van der Waals surface area contributed by atoms with Crippen LogP contribution in [-0.4, -0.2) is 49.3 Å². The number of carbonyl (C=O) groups excluding carboxylic acids is 2. The molecule has 0 radical (unpaired) electrons. The first-order chi connectivity index (χ1) is 9.49. The predicted molar refractivity (Wildman–Crippen MR) is 74.5 cm³/mol. The number of rotatable bonds is 6. The van der Waals surface area contributed by atoms with Gasteiger partial charge in [-0.05, 0) is 19.1 Å². The van der Waals surface area contributed by atoms with Crippen LogP contribution in [0.3, 0.4) is 0 Å². The van der Waals surface area contributed by atoms with Gasteiger partial charge in [-0.15, -0.1) is 10.2 Å². The molecule has 0 aliphatic heterocycles. The SMILES string of the molecule is CCNC(=O)c1ccc(N(C)CC(C)C(=O)OC)nn1. The third-order valence-corrected chi connectivity index (χ3v) is 2.76. The van der Waals surface area contributed by atoms with E-state index in [1.807, 2.05) is 6.92 Å². The topological polar surface area (TPSA) is 84.4 Å². The maximum absolute atomic E-state index is 11.5. The molecular formula is C13H20N4O3. The van der Waals surface area contributed by atoms with Crippen LogP contribution < -0.4 is 10.2 Å². The van der Waals surface area contributed by atoms with Crippen LogP contribution in [0, 0.1) is 5.92 Å². The Bertz CT molecular complexity index is 461. The molecule has 7 heteroatoms. The summed E-state index contributed by atoms with van der Waals surface area (Å²) < 4.78 is 4.67. The highest BCUT2D eigenvalue weighted by Crippen LogP contribution is 2.10. The van der Waals surface area contributed by atoms with Crippen molar-refractivity contribution in [1.82, 2.24) is 15.5 Å². The fraction of sp³-hybridized carbons (Fsp3) is 0.538. The van der Waals surface area contributed by atoms with Crippen LogP contribution in [0.5, 0.6) is 0 Å². The number of anilines is 1. The Morgan fingerprint density at radius 2 is 2.10 bits per heavy atom. The van der Waals surface area contributed by atoms with E-state index >= 15 is 0 Å². The Labute approximate surface area is 118 Å². The molecule has 0 saturated carbocycles. The van der Waals surface area contributed by atoms with Crippen molar-refractivity contribution in [2.45, 2.75) is 13.8 Å². The lowest BCUT2D eigenvalue weighted by Gasteiger charge is -2.20. The number of carbonyl (C=O) groups is 2. The van der Waals surface area contributed by atoms with Crippen LogP contribution in [0.2, 0.25) is 0 Å². The maximum Gasteiger partial charge on any atom is 0.310 e. The predicted octanol–water partition coefficient (Wildman–Crippen LogP) is 0.472. The molecule has 1 amide bonds. The minimum atomic E-state index is -0.274. The van der Waals surface area contributed by atoms with Crippen molar-refractivity contribution in [2.24, 2.45) is 5.92 Å². The van der Waals surface area contributed by atoms with Gasteiger partial charge in [0.1, 0.15) is 0 Å². The molecule has 1 N–H and O–H groups in total. The first-order valence-electron chi connectivity index (χ1n) is 6.40. The normalized spacial score (nSPS) is 11.6. The van der Waals surface area contributed by atoms with Crippen molar-refractivity contribution >= 4 is 17.7 Å². The van der Waals surface area contributed by atoms with Crippen LogP contribution in [0.1, 0.15) is 24.3 Å². The summed E-state index contributed by atoms with van der Waals surface area (Å²) >= 11 is 0. The zero-order valence-electron chi connectivity index (χ0n) is 12.2. The van der Waals surface area contributed by atoms with Gasteiger partial charge in [-0.25, -0.2) is 0 Å².